The number of nitrogens with zero attached hydrogens (tertiary/aromatic N) is 5. The third-order valence-electron chi connectivity index (χ3n) is 3.21. The molecule has 7 heteroatoms. The molecule has 0 saturated heterocycles. The van der Waals surface area contributed by atoms with E-state index in [0.717, 1.165) is 33.6 Å². The van der Waals surface area contributed by atoms with Crippen molar-refractivity contribution < 1.29 is 4.52 Å². The van der Waals surface area contributed by atoms with Crippen LogP contribution in [0, 0.1) is 20.8 Å². The van der Waals surface area contributed by atoms with Crippen LogP contribution in [0.1, 0.15) is 22.6 Å². The molecule has 0 aliphatic carbocycles. The standard InChI is InChI=1S/C14H15N5OS/c1-9-5-4-6-12(7-9)19-14(15-17-18-19)21-8-13-10(2)16-20-11(13)3/h4-7H,8H2,1-3H3. The van der Waals surface area contributed by atoms with Crippen LogP contribution in [0.5, 0.6) is 0 Å². The van der Waals surface area contributed by atoms with Gasteiger partial charge in [0.2, 0.25) is 5.16 Å². The fourth-order valence-electron chi connectivity index (χ4n) is 2.04. The van der Waals surface area contributed by atoms with Gasteiger partial charge < -0.3 is 4.52 Å². The summed E-state index contributed by atoms with van der Waals surface area (Å²) in [5.41, 5.74) is 4.14. The second kappa shape index (κ2) is 5.69. The average Bonchev–Trinajstić information content (AvgIpc) is 3.05. The number of rotatable bonds is 4. The van der Waals surface area contributed by atoms with Crippen LogP contribution in [0.2, 0.25) is 0 Å². The summed E-state index contributed by atoms with van der Waals surface area (Å²) in [6.07, 6.45) is 0. The second-order valence-electron chi connectivity index (χ2n) is 4.80. The third-order valence-corrected chi connectivity index (χ3v) is 4.16. The van der Waals surface area contributed by atoms with E-state index in [1.807, 2.05) is 39.0 Å². The van der Waals surface area contributed by atoms with Crippen LogP contribution in [0.25, 0.3) is 5.69 Å². The number of hydrogen-bond donors (Lipinski definition) is 0. The van der Waals surface area contributed by atoms with Gasteiger partial charge in [-0.2, -0.15) is 4.68 Å². The molecule has 0 atom stereocenters. The van der Waals surface area contributed by atoms with Crippen LogP contribution in [-0.2, 0) is 5.75 Å². The van der Waals surface area contributed by atoms with Crippen LogP contribution in [0.4, 0.5) is 0 Å². The monoisotopic (exact) mass is 301 g/mol. The molecule has 3 rings (SSSR count). The van der Waals surface area contributed by atoms with E-state index >= 15 is 0 Å². The van der Waals surface area contributed by atoms with Gasteiger partial charge in [-0.15, -0.1) is 5.10 Å². The van der Waals surface area contributed by atoms with E-state index in [4.69, 9.17) is 4.52 Å². The smallest absolute Gasteiger partial charge is 0.214 e. The predicted molar refractivity (Wildman–Crippen MR) is 79.4 cm³/mol. The molecule has 1 aromatic carbocycles. The molecule has 2 aromatic heterocycles. The number of benzene rings is 1. The Morgan fingerprint density at radius 3 is 2.81 bits per heavy atom. The highest BCUT2D eigenvalue weighted by Gasteiger charge is 2.13. The fourth-order valence-corrected chi connectivity index (χ4v) is 3.08. The molecule has 0 radical (unpaired) electrons. The molecular weight excluding hydrogens is 286 g/mol. The molecule has 0 fully saturated rings. The average molecular weight is 301 g/mol. The first kappa shape index (κ1) is 13.8. The summed E-state index contributed by atoms with van der Waals surface area (Å²) in [5.74, 6) is 1.57. The van der Waals surface area contributed by atoms with Crippen molar-refractivity contribution >= 4 is 11.8 Å². The lowest BCUT2D eigenvalue weighted by Crippen LogP contribution is -1.99. The largest absolute Gasteiger partial charge is 0.361 e. The molecule has 0 N–H and O–H groups in total. The number of hydrogen-bond acceptors (Lipinski definition) is 6. The Kier molecular flexibility index (Phi) is 3.74. The number of aryl methyl sites for hydroxylation is 3. The van der Waals surface area contributed by atoms with Crippen LogP contribution in [0.3, 0.4) is 0 Å². The zero-order chi connectivity index (χ0) is 14.8. The molecule has 0 unspecified atom stereocenters. The number of tetrazole rings is 1. The summed E-state index contributed by atoms with van der Waals surface area (Å²) >= 11 is 1.57. The molecule has 0 amide bonds. The van der Waals surface area contributed by atoms with Gasteiger partial charge in [0.05, 0.1) is 11.4 Å². The quantitative estimate of drug-likeness (QED) is 0.690. The molecule has 6 nitrogen and oxygen atoms in total. The van der Waals surface area contributed by atoms with Gasteiger partial charge in [-0.05, 0) is 48.9 Å². The van der Waals surface area contributed by atoms with Crippen LogP contribution in [-0.4, -0.2) is 25.4 Å². The minimum absolute atomic E-state index is 0.730. The van der Waals surface area contributed by atoms with Gasteiger partial charge in [-0.25, -0.2) is 0 Å². The van der Waals surface area contributed by atoms with Crippen molar-refractivity contribution in [2.45, 2.75) is 31.7 Å². The van der Waals surface area contributed by atoms with E-state index < -0.39 is 0 Å². The van der Waals surface area contributed by atoms with Gasteiger partial charge in [0.1, 0.15) is 5.76 Å². The predicted octanol–water partition coefficient (Wildman–Crippen LogP) is 2.87. The normalized spacial score (nSPS) is 11.0. The summed E-state index contributed by atoms with van der Waals surface area (Å²) < 4.78 is 6.92. The Hall–Kier alpha value is -2.15. The highest BCUT2D eigenvalue weighted by Crippen LogP contribution is 2.25. The van der Waals surface area contributed by atoms with E-state index in [1.165, 1.54) is 5.56 Å². The zero-order valence-electron chi connectivity index (χ0n) is 12.1. The van der Waals surface area contributed by atoms with Gasteiger partial charge in [-0.1, -0.05) is 29.1 Å². The van der Waals surface area contributed by atoms with Crippen LogP contribution < -0.4 is 0 Å². The third kappa shape index (κ3) is 2.82. The summed E-state index contributed by atoms with van der Waals surface area (Å²) in [6.45, 7) is 5.90. The highest BCUT2D eigenvalue weighted by atomic mass is 32.2. The van der Waals surface area contributed by atoms with Gasteiger partial charge >= 0.3 is 0 Å². The van der Waals surface area contributed by atoms with Gasteiger partial charge in [0, 0.05) is 11.3 Å². The van der Waals surface area contributed by atoms with Crippen LogP contribution >= 0.6 is 11.8 Å². The van der Waals surface area contributed by atoms with Crippen LogP contribution in [0.15, 0.2) is 33.9 Å². The SMILES string of the molecule is Cc1cccc(-n2nnnc2SCc2c(C)noc2C)c1. The Morgan fingerprint density at radius 1 is 1.24 bits per heavy atom. The maximum atomic E-state index is 5.17. The van der Waals surface area contributed by atoms with E-state index in [1.54, 1.807) is 16.4 Å². The first-order valence-electron chi connectivity index (χ1n) is 6.55. The number of thioether (sulfide) groups is 1. The minimum atomic E-state index is 0.730. The Bertz CT molecular complexity index is 745. The summed E-state index contributed by atoms with van der Waals surface area (Å²) in [7, 11) is 0. The molecule has 3 aromatic rings. The first-order valence-corrected chi connectivity index (χ1v) is 7.53. The zero-order valence-corrected chi connectivity index (χ0v) is 12.9. The van der Waals surface area contributed by atoms with E-state index in [-0.39, 0.29) is 0 Å². The molecule has 0 spiro atoms. The number of aromatic nitrogens is 5. The molecule has 2 heterocycles. The summed E-state index contributed by atoms with van der Waals surface area (Å²) in [5, 5.41) is 16.7. The van der Waals surface area contributed by atoms with Crippen molar-refractivity contribution in [2.24, 2.45) is 0 Å². The molecule has 108 valence electrons. The molecule has 21 heavy (non-hydrogen) atoms. The maximum Gasteiger partial charge on any atom is 0.214 e. The van der Waals surface area contributed by atoms with Crippen molar-refractivity contribution in [3.05, 3.63) is 46.8 Å². The summed E-state index contributed by atoms with van der Waals surface area (Å²) in [6, 6.07) is 8.08. The second-order valence-corrected chi connectivity index (χ2v) is 5.75. The van der Waals surface area contributed by atoms with E-state index in [9.17, 15) is 0 Å². The maximum absolute atomic E-state index is 5.17. The minimum Gasteiger partial charge on any atom is -0.361 e. The molecule has 0 saturated carbocycles. The fraction of sp³-hybridized carbons (Fsp3) is 0.286. The Balaban J connectivity index is 1.83. The van der Waals surface area contributed by atoms with E-state index in [0.29, 0.717) is 0 Å². The summed E-state index contributed by atoms with van der Waals surface area (Å²) in [4.78, 5) is 0. The topological polar surface area (TPSA) is 69.6 Å². The van der Waals surface area contributed by atoms with Crippen molar-refractivity contribution in [3.8, 4) is 5.69 Å². The first-order chi connectivity index (χ1) is 10.1. The Labute approximate surface area is 126 Å². The molecule has 0 aliphatic heterocycles. The Morgan fingerprint density at radius 2 is 2.10 bits per heavy atom. The van der Waals surface area contributed by atoms with Crippen molar-refractivity contribution in [1.29, 1.82) is 0 Å². The highest BCUT2D eigenvalue weighted by molar-refractivity contribution is 7.98. The van der Waals surface area contributed by atoms with Crippen molar-refractivity contribution in [2.75, 3.05) is 0 Å². The van der Waals surface area contributed by atoms with Crippen molar-refractivity contribution in [1.82, 2.24) is 25.4 Å². The van der Waals surface area contributed by atoms with E-state index in [2.05, 4.69) is 26.7 Å². The lowest BCUT2D eigenvalue weighted by molar-refractivity contribution is 0.392. The van der Waals surface area contributed by atoms with Crippen molar-refractivity contribution in [3.63, 3.8) is 0 Å². The lowest BCUT2D eigenvalue weighted by Gasteiger charge is -2.05. The molecule has 0 aliphatic rings. The van der Waals surface area contributed by atoms with Gasteiger partial charge in [0.25, 0.3) is 0 Å². The lowest BCUT2D eigenvalue weighted by atomic mass is 10.2. The van der Waals surface area contributed by atoms with Gasteiger partial charge in [-0.3, -0.25) is 0 Å². The molecular formula is C14H15N5OS. The van der Waals surface area contributed by atoms with Gasteiger partial charge in [0.15, 0.2) is 0 Å². The molecule has 0 bridgehead atoms.